The van der Waals surface area contributed by atoms with Crippen LogP contribution in [0.4, 0.5) is 5.13 Å². The molecule has 0 aliphatic heterocycles. The van der Waals surface area contributed by atoms with Crippen LogP contribution in [0, 0.1) is 0 Å². The number of anilines is 1. The Bertz CT molecular complexity index is 979. The number of hydrogen-bond donors (Lipinski definition) is 2. The molecule has 0 saturated carbocycles. The summed E-state index contributed by atoms with van der Waals surface area (Å²) in [6.07, 6.45) is 4.29. The highest BCUT2D eigenvalue weighted by Gasteiger charge is 2.17. The number of amides is 1. The number of benzene rings is 1. The van der Waals surface area contributed by atoms with E-state index >= 15 is 0 Å². The van der Waals surface area contributed by atoms with E-state index in [2.05, 4.69) is 27.2 Å². The lowest BCUT2D eigenvalue weighted by Gasteiger charge is -2.05. The summed E-state index contributed by atoms with van der Waals surface area (Å²) in [6.45, 7) is 4.64. The highest BCUT2D eigenvalue weighted by molar-refractivity contribution is 7.16. The standard InChI is InChI=1S/C19H20N4O3S/c1-3-5-15-16(12-6-8-13(9-7-12)26-4-2)22-19(27-15)23-18(25)14-10-20-11-21-17(14)24/h6-11H,3-5H2,1-2H3,(H,20,21,24)(H,22,23,25). The Kier molecular flexibility index (Phi) is 5.97. The molecule has 0 saturated heterocycles. The lowest BCUT2D eigenvalue weighted by molar-refractivity contribution is 0.102. The molecule has 2 heterocycles. The second kappa shape index (κ2) is 8.59. The Morgan fingerprint density at radius 1 is 1.26 bits per heavy atom. The number of nitrogens with zero attached hydrogens (tertiary/aromatic N) is 2. The van der Waals surface area contributed by atoms with Gasteiger partial charge in [-0.3, -0.25) is 14.9 Å². The Hall–Kier alpha value is -3.00. The molecule has 0 unspecified atom stereocenters. The number of aromatic nitrogens is 3. The van der Waals surface area contributed by atoms with Gasteiger partial charge in [0, 0.05) is 16.6 Å². The smallest absolute Gasteiger partial charge is 0.264 e. The third-order valence-electron chi connectivity index (χ3n) is 3.80. The van der Waals surface area contributed by atoms with Crippen molar-refractivity contribution in [3.05, 3.63) is 57.6 Å². The Balaban J connectivity index is 1.87. The van der Waals surface area contributed by atoms with E-state index in [1.807, 2.05) is 31.2 Å². The minimum Gasteiger partial charge on any atom is -0.494 e. The van der Waals surface area contributed by atoms with Crippen LogP contribution in [-0.2, 0) is 6.42 Å². The van der Waals surface area contributed by atoms with E-state index in [9.17, 15) is 9.59 Å². The van der Waals surface area contributed by atoms with E-state index in [-0.39, 0.29) is 5.56 Å². The molecular formula is C19H20N4O3S. The van der Waals surface area contributed by atoms with Crippen LogP contribution in [0.15, 0.2) is 41.6 Å². The number of thiazole rings is 1. The van der Waals surface area contributed by atoms with Crippen molar-refractivity contribution < 1.29 is 9.53 Å². The van der Waals surface area contributed by atoms with Crippen molar-refractivity contribution >= 4 is 22.4 Å². The van der Waals surface area contributed by atoms with Crippen LogP contribution in [0.25, 0.3) is 11.3 Å². The first-order valence-electron chi connectivity index (χ1n) is 8.69. The second-order valence-electron chi connectivity index (χ2n) is 5.75. The molecule has 2 N–H and O–H groups in total. The summed E-state index contributed by atoms with van der Waals surface area (Å²) in [7, 11) is 0. The summed E-state index contributed by atoms with van der Waals surface area (Å²) in [5, 5.41) is 3.16. The maximum Gasteiger partial charge on any atom is 0.264 e. The molecule has 3 rings (SSSR count). The van der Waals surface area contributed by atoms with Crippen molar-refractivity contribution in [1.29, 1.82) is 0 Å². The number of carbonyl (C=O) groups is 1. The average molecular weight is 384 g/mol. The Morgan fingerprint density at radius 3 is 2.70 bits per heavy atom. The van der Waals surface area contributed by atoms with E-state index in [4.69, 9.17) is 4.74 Å². The van der Waals surface area contributed by atoms with Gasteiger partial charge in [-0.1, -0.05) is 13.3 Å². The van der Waals surface area contributed by atoms with E-state index in [1.165, 1.54) is 23.9 Å². The first kappa shape index (κ1) is 18.8. The fraction of sp³-hybridized carbons (Fsp3) is 0.263. The number of hydrogen-bond acceptors (Lipinski definition) is 6. The quantitative estimate of drug-likeness (QED) is 0.650. The molecule has 1 amide bonds. The Morgan fingerprint density at radius 2 is 2.04 bits per heavy atom. The van der Waals surface area contributed by atoms with E-state index in [0.29, 0.717) is 11.7 Å². The number of ether oxygens (including phenoxy) is 1. The molecule has 1 aromatic carbocycles. The molecule has 0 bridgehead atoms. The van der Waals surface area contributed by atoms with Gasteiger partial charge in [0.15, 0.2) is 5.13 Å². The van der Waals surface area contributed by atoms with Crippen LogP contribution >= 0.6 is 11.3 Å². The van der Waals surface area contributed by atoms with Gasteiger partial charge in [0.2, 0.25) is 0 Å². The van der Waals surface area contributed by atoms with E-state index in [1.54, 1.807) is 0 Å². The zero-order chi connectivity index (χ0) is 19.2. The molecule has 8 heteroatoms. The molecule has 0 spiro atoms. The van der Waals surface area contributed by atoms with Crippen molar-refractivity contribution in [1.82, 2.24) is 15.0 Å². The van der Waals surface area contributed by atoms with Gasteiger partial charge in [-0.15, -0.1) is 11.3 Å². The molecule has 0 atom stereocenters. The van der Waals surface area contributed by atoms with Crippen LogP contribution in [0.3, 0.4) is 0 Å². The maximum atomic E-state index is 12.3. The SMILES string of the molecule is CCCc1sc(NC(=O)c2cnc[nH]c2=O)nc1-c1ccc(OCC)cc1. The van der Waals surface area contributed by atoms with Gasteiger partial charge in [0.05, 0.1) is 18.6 Å². The third kappa shape index (κ3) is 4.40. The highest BCUT2D eigenvalue weighted by Crippen LogP contribution is 2.33. The molecule has 27 heavy (non-hydrogen) atoms. The highest BCUT2D eigenvalue weighted by atomic mass is 32.1. The molecule has 0 aliphatic rings. The van der Waals surface area contributed by atoms with Crippen molar-refractivity contribution in [3.8, 4) is 17.0 Å². The third-order valence-corrected chi connectivity index (χ3v) is 4.83. The molecule has 7 nitrogen and oxygen atoms in total. The topological polar surface area (TPSA) is 97.0 Å². The summed E-state index contributed by atoms with van der Waals surface area (Å²) < 4.78 is 5.48. The monoisotopic (exact) mass is 384 g/mol. The number of aromatic amines is 1. The van der Waals surface area contributed by atoms with Crippen molar-refractivity contribution in [2.75, 3.05) is 11.9 Å². The van der Waals surface area contributed by atoms with Crippen molar-refractivity contribution in [2.45, 2.75) is 26.7 Å². The number of rotatable bonds is 7. The minimum atomic E-state index is -0.528. The normalized spacial score (nSPS) is 10.6. The largest absolute Gasteiger partial charge is 0.494 e. The van der Waals surface area contributed by atoms with Crippen LogP contribution in [-0.4, -0.2) is 27.5 Å². The maximum absolute atomic E-state index is 12.3. The van der Waals surface area contributed by atoms with Gasteiger partial charge >= 0.3 is 0 Å². The summed E-state index contributed by atoms with van der Waals surface area (Å²) in [6, 6.07) is 7.72. The molecule has 3 aromatic rings. The van der Waals surface area contributed by atoms with Crippen LogP contribution in [0.1, 0.15) is 35.5 Å². The lowest BCUT2D eigenvalue weighted by Crippen LogP contribution is -2.23. The van der Waals surface area contributed by atoms with Crippen molar-refractivity contribution in [2.24, 2.45) is 0 Å². The predicted octanol–water partition coefficient (Wildman–Crippen LogP) is 3.50. The van der Waals surface area contributed by atoms with Crippen LogP contribution in [0.2, 0.25) is 0 Å². The summed E-state index contributed by atoms with van der Waals surface area (Å²) in [4.78, 5) is 35.9. The van der Waals surface area contributed by atoms with Gasteiger partial charge in [-0.05, 0) is 37.6 Å². The zero-order valence-electron chi connectivity index (χ0n) is 15.1. The predicted molar refractivity (Wildman–Crippen MR) is 106 cm³/mol. The molecule has 0 aliphatic carbocycles. The van der Waals surface area contributed by atoms with Gasteiger partial charge in [0.1, 0.15) is 11.3 Å². The van der Waals surface area contributed by atoms with Gasteiger partial charge in [-0.2, -0.15) is 0 Å². The zero-order valence-corrected chi connectivity index (χ0v) is 15.9. The van der Waals surface area contributed by atoms with Crippen LogP contribution in [0.5, 0.6) is 5.75 Å². The fourth-order valence-electron chi connectivity index (χ4n) is 2.57. The fourth-order valence-corrected chi connectivity index (χ4v) is 3.65. The van der Waals surface area contributed by atoms with E-state index in [0.717, 1.165) is 34.7 Å². The van der Waals surface area contributed by atoms with Crippen LogP contribution < -0.4 is 15.6 Å². The molecular weight excluding hydrogens is 364 g/mol. The lowest BCUT2D eigenvalue weighted by atomic mass is 10.1. The van der Waals surface area contributed by atoms with Gasteiger partial charge in [-0.25, -0.2) is 9.97 Å². The summed E-state index contributed by atoms with van der Waals surface area (Å²) in [5.74, 6) is 0.275. The first-order valence-corrected chi connectivity index (χ1v) is 9.51. The van der Waals surface area contributed by atoms with E-state index < -0.39 is 11.5 Å². The minimum absolute atomic E-state index is 0.0487. The molecule has 140 valence electrons. The van der Waals surface area contributed by atoms with Crippen molar-refractivity contribution in [3.63, 3.8) is 0 Å². The molecule has 0 radical (unpaired) electrons. The van der Waals surface area contributed by atoms with Gasteiger partial charge < -0.3 is 9.72 Å². The second-order valence-corrected chi connectivity index (χ2v) is 6.83. The molecule has 2 aromatic heterocycles. The number of H-pyrrole nitrogens is 1. The summed E-state index contributed by atoms with van der Waals surface area (Å²) >= 11 is 1.42. The Labute approximate surface area is 160 Å². The molecule has 0 fully saturated rings. The number of carbonyl (C=O) groups excluding carboxylic acids is 1. The number of aryl methyl sites for hydroxylation is 1. The summed E-state index contributed by atoms with van der Waals surface area (Å²) in [5.41, 5.74) is 1.25. The first-order chi connectivity index (χ1) is 13.1. The number of nitrogens with one attached hydrogen (secondary N) is 2. The van der Waals surface area contributed by atoms with Gasteiger partial charge in [0.25, 0.3) is 11.5 Å². The average Bonchev–Trinajstić information content (AvgIpc) is 3.05.